The molecule has 1 saturated heterocycles. The van der Waals surface area contributed by atoms with Gasteiger partial charge in [-0.1, -0.05) is 24.2 Å². The van der Waals surface area contributed by atoms with Crippen molar-refractivity contribution < 1.29 is 23.1 Å². The molecule has 5 rings (SSSR count). The second-order valence-electron chi connectivity index (χ2n) is 9.59. The molecule has 4 heterocycles. The molecule has 1 unspecified atom stereocenters. The standard InChI is InChI=1S/C27H26F2N6O3S/c1-15-3-8-24(36)35(10-9-15)22-12-17(18-11-20(25(28)29)30-14-21(18)38-2)19(13-31-22)26(37)32-27-34-33-23(39-27)7-6-16-4-5-16/h11-16,25H,3-5,8-10H2,1-2H3,(H,32,34,37). The number of rotatable bonds is 6. The van der Waals surface area contributed by atoms with Crippen LogP contribution in [0, 0.1) is 23.7 Å². The molecule has 0 aromatic carbocycles. The van der Waals surface area contributed by atoms with Gasteiger partial charge in [0.2, 0.25) is 11.0 Å². The highest BCUT2D eigenvalue weighted by molar-refractivity contribution is 7.15. The number of ether oxygens (including phenoxy) is 1. The van der Waals surface area contributed by atoms with Crippen LogP contribution in [0.4, 0.5) is 19.7 Å². The number of anilines is 2. The van der Waals surface area contributed by atoms with Crippen molar-refractivity contribution in [3.8, 4) is 28.7 Å². The normalized spacial score (nSPS) is 17.4. The van der Waals surface area contributed by atoms with E-state index in [9.17, 15) is 18.4 Å². The molecule has 1 aliphatic heterocycles. The summed E-state index contributed by atoms with van der Waals surface area (Å²) in [6.07, 6.45) is 3.78. The lowest BCUT2D eigenvalue weighted by molar-refractivity contribution is -0.118. The lowest BCUT2D eigenvalue weighted by atomic mass is 9.99. The molecule has 2 aliphatic rings. The zero-order valence-electron chi connectivity index (χ0n) is 21.4. The number of hydrogen-bond acceptors (Lipinski definition) is 8. The van der Waals surface area contributed by atoms with Gasteiger partial charge in [-0.25, -0.2) is 13.8 Å². The van der Waals surface area contributed by atoms with E-state index < -0.39 is 18.0 Å². The zero-order valence-corrected chi connectivity index (χ0v) is 22.2. The van der Waals surface area contributed by atoms with Gasteiger partial charge in [0.25, 0.3) is 12.3 Å². The van der Waals surface area contributed by atoms with E-state index in [4.69, 9.17) is 4.74 Å². The third-order valence-corrected chi connectivity index (χ3v) is 7.39. The number of carbonyl (C=O) groups excluding carboxylic acids is 2. The topological polar surface area (TPSA) is 110 Å². The predicted molar refractivity (Wildman–Crippen MR) is 142 cm³/mol. The van der Waals surface area contributed by atoms with Gasteiger partial charge in [0.15, 0.2) is 5.01 Å². The molecule has 1 N–H and O–H groups in total. The number of nitrogens with one attached hydrogen (secondary N) is 1. The summed E-state index contributed by atoms with van der Waals surface area (Å²) in [5.74, 6) is 6.69. The summed E-state index contributed by atoms with van der Waals surface area (Å²) in [5.41, 5.74) is 0.0978. The fourth-order valence-electron chi connectivity index (χ4n) is 4.19. The maximum Gasteiger partial charge on any atom is 0.280 e. The number of alkyl halides is 2. The summed E-state index contributed by atoms with van der Waals surface area (Å²) in [5, 5.41) is 11.4. The van der Waals surface area contributed by atoms with Crippen molar-refractivity contribution >= 4 is 34.1 Å². The fourth-order valence-corrected chi connectivity index (χ4v) is 4.79. The van der Waals surface area contributed by atoms with Crippen molar-refractivity contribution in [2.45, 2.75) is 45.5 Å². The Bertz CT molecular complexity index is 1460. The van der Waals surface area contributed by atoms with Crippen LogP contribution in [0.5, 0.6) is 5.75 Å². The first-order valence-electron chi connectivity index (χ1n) is 12.6. The van der Waals surface area contributed by atoms with Crippen molar-refractivity contribution in [2.75, 3.05) is 23.9 Å². The van der Waals surface area contributed by atoms with Crippen molar-refractivity contribution in [3.05, 3.63) is 40.8 Å². The van der Waals surface area contributed by atoms with Gasteiger partial charge in [-0.05, 0) is 49.7 Å². The minimum Gasteiger partial charge on any atom is -0.494 e. The molecule has 202 valence electrons. The Morgan fingerprint density at radius 1 is 1.15 bits per heavy atom. The van der Waals surface area contributed by atoms with Crippen molar-refractivity contribution in [2.24, 2.45) is 11.8 Å². The first-order valence-corrected chi connectivity index (χ1v) is 13.4. The molecule has 2 amide bonds. The molecule has 3 aromatic heterocycles. The quantitative estimate of drug-likeness (QED) is 0.423. The van der Waals surface area contributed by atoms with Crippen LogP contribution in [0.15, 0.2) is 24.5 Å². The summed E-state index contributed by atoms with van der Waals surface area (Å²) in [7, 11) is 1.38. The van der Waals surface area contributed by atoms with E-state index in [2.05, 4.69) is 44.2 Å². The highest BCUT2D eigenvalue weighted by Crippen LogP contribution is 2.37. The van der Waals surface area contributed by atoms with Crippen LogP contribution < -0.4 is 15.0 Å². The van der Waals surface area contributed by atoms with Crippen molar-refractivity contribution in [1.29, 1.82) is 0 Å². The number of carbonyl (C=O) groups is 2. The van der Waals surface area contributed by atoms with E-state index in [1.54, 1.807) is 11.0 Å². The predicted octanol–water partition coefficient (Wildman–Crippen LogP) is 5.11. The van der Waals surface area contributed by atoms with Crippen LogP contribution in [-0.4, -0.2) is 45.6 Å². The van der Waals surface area contributed by atoms with Gasteiger partial charge in [-0.2, -0.15) is 0 Å². The number of amides is 2. The summed E-state index contributed by atoms with van der Waals surface area (Å²) in [4.78, 5) is 36.1. The number of hydrogen-bond donors (Lipinski definition) is 1. The van der Waals surface area contributed by atoms with Gasteiger partial charge in [-0.3, -0.25) is 24.8 Å². The molecule has 3 aromatic rings. The molecular formula is C27H26F2N6O3S. The summed E-state index contributed by atoms with van der Waals surface area (Å²) in [6.45, 7) is 2.55. The van der Waals surface area contributed by atoms with E-state index in [0.717, 1.165) is 37.0 Å². The maximum absolute atomic E-state index is 13.6. The molecule has 0 spiro atoms. The minimum absolute atomic E-state index is 0.0833. The molecule has 0 radical (unpaired) electrons. The fraction of sp³-hybridized carbons (Fsp3) is 0.407. The average Bonchev–Trinajstić information content (AvgIpc) is 3.69. The van der Waals surface area contributed by atoms with Crippen LogP contribution in [0.1, 0.15) is 66.5 Å². The largest absolute Gasteiger partial charge is 0.494 e. The van der Waals surface area contributed by atoms with Gasteiger partial charge in [-0.15, -0.1) is 10.2 Å². The molecule has 2 fully saturated rings. The summed E-state index contributed by atoms with van der Waals surface area (Å²) in [6, 6.07) is 2.74. The van der Waals surface area contributed by atoms with E-state index in [1.165, 1.54) is 25.6 Å². The van der Waals surface area contributed by atoms with E-state index >= 15 is 0 Å². The van der Waals surface area contributed by atoms with Crippen LogP contribution >= 0.6 is 11.3 Å². The monoisotopic (exact) mass is 552 g/mol. The first-order chi connectivity index (χ1) is 18.8. The molecule has 39 heavy (non-hydrogen) atoms. The molecule has 0 bridgehead atoms. The Morgan fingerprint density at radius 3 is 2.72 bits per heavy atom. The van der Waals surface area contributed by atoms with Gasteiger partial charge in [0, 0.05) is 36.2 Å². The molecular weight excluding hydrogens is 526 g/mol. The highest BCUT2D eigenvalue weighted by atomic mass is 32.1. The third-order valence-electron chi connectivity index (χ3n) is 6.64. The zero-order chi connectivity index (χ0) is 27.5. The number of pyridine rings is 2. The highest BCUT2D eigenvalue weighted by Gasteiger charge is 2.26. The number of methoxy groups -OCH3 is 1. The SMILES string of the molecule is COc1cnc(C(F)F)cc1-c1cc(N2CCC(C)CCC2=O)ncc1C(=O)Nc1nnc(C#CC2CC2)s1. The van der Waals surface area contributed by atoms with E-state index in [1.807, 2.05) is 0 Å². The van der Waals surface area contributed by atoms with Crippen LogP contribution in [0.2, 0.25) is 0 Å². The second-order valence-corrected chi connectivity index (χ2v) is 10.6. The Balaban J connectivity index is 1.54. The molecule has 1 aliphatic carbocycles. The Labute approximate surface area is 228 Å². The van der Waals surface area contributed by atoms with E-state index in [-0.39, 0.29) is 33.5 Å². The van der Waals surface area contributed by atoms with Gasteiger partial charge >= 0.3 is 0 Å². The van der Waals surface area contributed by atoms with Crippen molar-refractivity contribution in [3.63, 3.8) is 0 Å². The Hall–Kier alpha value is -3.98. The number of aromatic nitrogens is 4. The van der Waals surface area contributed by atoms with Crippen LogP contribution in [0.25, 0.3) is 11.1 Å². The second kappa shape index (κ2) is 11.4. The van der Waals surface area contributed by atoms with E-state index in [0.29, 0.717) is 35.6 Å². The number of halogens is 2. The smallest absolute Gasteiger partial charge is 0.280 e. The minimum atomic E-state index is -2.83. The molecule has 12 heteroatoms. The first kappa shape index (κ1) is 26.6. The lowest BCUT2D eigenvalue weighted by Gasteiger charge is -2.22. The van der Waals surface area contributed by atoms with Gasteiger partial charge < -0.3 is 4.74 Å². The summed E-state index contributed by atoms with van der Waals surface area (Å²) < 4.78 is 32.6. The molecule has 9 nitrogen and oxygen atoms in total. The maximum atomic E-state index is 13.6. The lowest BCUT2D eigenvalue weighted by Crippen LogP contribution is -2.31. The Kier molecular flexibility index (Phi) is 7.79. The van der Waals surface area contributed by atoms with Gasteiger partial charge in [0.1, 0.15) is 17.3 Å². The van der Waals surface area contributed by atoms with Crippen LogP contribution in [0.3, 0.4) is 0 Å². The average molecular weight is 553 g/mol. The van der Waals surface area contributed by atoms with Crippen LogP contribution in [-0.2, 0) is 4.79 Å². The third kappa shape index (κ3) is 6.20. The Morgan fingerprint density at radius 2 is 1.97 bits per heavy atom. The van der Waals surface area contributed by atoms with Crippen molar-refractivity contribution in [1.82, 2.24) is 20.2 Å². The van der Waals surface area contributed by atoms with Gasteiger partial charge in [0.05, 0.1) is 18.9 Å². The molecule has 1 atom stereocenters. The summed E-state index contributed by atoms with van der Waals surface area (Å²) >= 11 is 1.14. The number of nitrogens with zero attached hydrogens (tertiary/aromatic N) is 5. The molecule has 1 saturated carbocycles.